The molecule has 1 aromatic rings. The lowest BCUT2D eigenvalue weighted by Gasteiger charge is -2.38. The Hall–Kier alpha value is -1.59. The van der Waals surface area contributed by atoms with Crippen molar-refractivity contribution in [2.24, 2.45) is 5.41 Å². The molecule has 1 saturated heterocycles. The highest BCUT2D eigenvalue weighted by molar-refractivity contribution is 5.82. The van der Waals surface area contributed by atoms with E-state index in [2.05, 4.69) is 6.92 Å². The van der Waals surface area contributed by atoms with Crippen LogP contribution in [0.15, 0.2) is 30.3 Å². The standard InChI is InChI=1S/C20H29NO4/c1-19(10-6-3-7-11-19)18(22)21-12-13-24-15-20(23,14-21)16-25-17-8-4-2-5-9-17/h2,4-5,8-9,23H,3,6-7,10-16H2,1H3/t20-/m1/s1. The van der Waals surface area contributed by atoms with Crippen molar-refractivity contribution in [2.45, 2.75) is 44.6 Å². The van der Waals surface area contributed by atoms with Crippen LogP contribution in [0.25, 0.3) is 0 Å². The van der Waals surface area contributed by atoms with Gasteiger partial charge in [-0.2, -0.15) is 0 Å². The molecule has 25 heavy (non-hydrogen) atoms. The molecule has 2 aliphatic rings. The van der Waals surface area contributed by atoms with Gasteiger partial charge in [0, 0.05) is 12.0 Å². The van der Waals surface area contributed by atoms with Gasteiger partial charge in [-0.25, -0.2) is 0 Å². The van der Waals surface area contributed by atoms with Crippen LogP contribution < -0.4 is 4.74 Å². The SMILES string of the molecule is CC1(C(=O)N2CCOC[C@@](O)(COc3ccccc3)C2)CCCCC1. The molecule has 1 saturated carbocycles. The highest BCUT2D eigenvalue weighted by Crippen LogP contribution is 2.38. The third-order valence-electron chi connectivity index (χ3n) is 5.37. The largest absolute Gasteiger partial charge is 0.490 e. The van der Waals surface area contributed by atoms with Gasteiger partial charge in [0.05, 0.1) is 19.8 Å². The van der Waals surface area contributed by atoms with Gasteiger partial charge in [0.1, 0.15) is 18.0 Å². The van der Waals surface area contributed by atoms with Crippen molar-refractivity contribution in [3.63, 3.8) is 0 Å². The zero-order chi connectivity index (χ0) is 17.8. The summed E-state index contributed by atoms with van der Waals surface area (Å²) in [5.41, 5.74) is -1.49. The highest BCUT2D eigenvalue weighted by Gasteiger charge is 2.42. The lowest BCUT2D eigenvalue weighted by molar-refractivity contribution is -0.146. The fourth-order valence-electron chi connectivity index (χ4n) is 3.84. The molecule has 0 spiro atoms. The summed E-state index contributed by atoms with van der Waals surface area (Å²) in [6.07, 6.45) is 5.28. The second-order valence-corrected chi connectivity index (χ2v) is 7.73. The van der Waals surface area contributed by atoms with E-state index in [-0.39, 0.29) is 31.1 Å². The van der Waals surface area contributed by atoms with Crippen LogP contribution >= 0.6 is 0 Å². The first-order valence-electron chi connectivity index (χ1n) is 9.28. The van der Waals surface area contributed by atoms with Crippen molar-refractivity contribution in [3.8, 4) is 5.75 Å². The fraction of sp³-hybridized carbons (Fsp3) is 0.650. The van der Waals surface area contributed by atoms with Gasteiger partial charge in [-0.15, -0.1) is 0 Å². The number of carbonyl (C=O) groups is 1. The molecule has 1 atom stereocenters. The first-order chi connectivity index (χ1) is 12.0. The first kappa shape index (κ1) is 18.2. The Labute approximate surface area is 149 Å². The van der Waals surface area contributed by atoms with Crippen LogP contribution in [0.3, 0.4) is 0 Å². The van der Waals surface area contributed by atoms with Gasteiger partial charge in [0.25, 0.3) is 0 Å². The van der Waals surface area contributed by atoms with Gasteiger partial charge in [-0.3, -0.25) is 4.79 Å². The molecular formula is C20H29NO4. The molecule has 0 bridgehead atoms. The minimum absolute atomic E-state index is 0.109. The molecule has 1 aromatic carbocycles. The average Bonchev–Trinajstić information content (AvgIpc) is 2.83. The minimum atomic E-state index is -1.19. The number of rotatable bonds is 4. The fourth-order valence-corrected chi connectivity index (χ4v) is 3.84. The van der Waals surface area contributed by atoms with Crippen LogP contribution in [0.5, 0.6) is 5.75 Å². The van der Waals surface area contributed by atoms with E-state index in [0.29, 0.717) is 18.9 Å². The zero-order valence-electron chi connectivity index (χ0n) is 15.1. The summed E-state index contributed by atoms with van der Waals surface area (Å²) in [5.74, 6) is 0.855. The Balaban J connectivity index is 1.66. The van der Waals surface area contributed by atoms with Crippen molar-refractivity contribution in [1.82, 2.24) is 4.90 Å². The van der Waals surface area contributed by atoms with Crippen LogP contribution in [-0.4, -0.2) is 54.4 Å². The number of nitrogens with zero attached hydrogens (tertiary/aromatic N) is 1. The summed E-state index contributed by atoms with van der Waals surface area (Å²) < 4.78 is 11.3. The molecule has 3 rings (SSSR count). The van der Waals surface area contributed by atoms with Gasteiger partial charge in [-0.1, -0.05) is 44.4 Å². The van der Waals surface area contributed by atoms with Gasteiger partial charge in [-0.05, 0) is 25.0 Å². The molecule has 1 heterocycles. The van der Waals surface area contributed by atoms with E-state index in [9.17, 15) is 9.90 Å². The third kappa shape index (κ3) is 4.53. The van der Waals surface area contributed by atoms with Crippen LogP contribution in [0.2, 0.25) is 0 Å². The maximum Gasteiger partial charge on any atom is 0.228 e. The predicted octanol–water partition coefficient (Wildman–Crippen LogP) is 2.63. The Kier molecular flexibility index (Phi) is 5.64. The first-order valence-corrected chi connectivity index (χ1v) is 9.28. The maximum absolute atomic E-state index is 13.1. The summed E-state index contributed by atoms with van der Waals surface area (Å²) in [5, 5.41) is 11.0. The van der Waals surface area contributed by atoms with E-state index in [1.165, 1.54) is 6.42 Å². The van der Waals surface area contributed by atoms with E-state index in [1.807, 2.05) is 30.3 Å². The van der Waals surface area contributed by atoms with Crippen molar-refractivity contribution in [1.29, 1.82) is 0 Å². The molecule has 5 heteroatoms. The second kappa shape index (κ2) is 7.75. The van der Waals surface area contributed by atoms with Gasteiger partial charge < -0.3 is 19.5 Å². The molecule has 0 radical (unpaired) electrons. The Morgan fingerprint density at radius 2 is 1.96 bits per heavy atom. The number of aliphatic hydroxyl groups is 1. The van der Waals surface area contributed by atoms with E-state index < -0.39 is 5.60 Å². The van der Waals surface area contributed by atoms with E-state index in [1.54, 1.807) is 4.90 Å². The summed E-state index contributed by atoms with van der Waals surface area (Å²) in [6.45, 7) is 3.60. The van der Waals surface area contributed by atoms with E-state index in [4.69, 9.17) is 9.47 Å². The molecular weight excluding hydrogens is 318 g/mol. The van der Waals surface area contributed by atoms with Crippen molar-refractivity contribution >= 4 is 5.91 Å². The van der Waals surface area contributed by atoms with E-state index in [0.717, 1.165) is 25.7 Å². The van der Waals surface area contributed by atoms with Crippen molar-refractivity contribution in [3.05, 3.63) is 30.3 Å². The number of hydrogen-bond acceptors (Lipinski definition) is 4. The smallest absolute Gasteiger partial charge is 0.228 e. The molecule has 1 aliphatic heterocycles. The third-order valence-corrected chi connectivity index (χ3v) is 5.37. The lowest BCUT2D eigenvalue weighted by Crippen LogP contribution is -2.53. The lowest BCUT2D eigenvalue weighted by atomic mass is 9.74. The maximum atomic E-state index is 13.1. The summed E-state index contributed by atoms with van der Waals surface area (Å²) in [4.78, 5) is 14.9. The predicted molar refractivity (Wildman–Crippen MR) is 95.5 cm³/mol. The molecule has 1 aliphatic carbocycles. The number of β-amino-alcohol motifs (C(OH)–C–C–N with tert-alkyl or cyclic N) is 1. The molecule has 1 amide bonds. The van der Waals surface area contributed by atoms with Crippen LogP contribution in [0.4, 0.5) is 0 Å². The topological polar surface area (TPSA) is 59.0 Å². The Morgan fingerprint density at radius 3 is 2.68 bits per heavy atom. The molecule has 5 nitrogen and oxygen atoms in total. The second-order valence-electron chi connectivity index (χ2n) is 7.73. The zero-order valence-corrected chi connectivity index (χ0v) is 15.1. The van der Waals surface area contributed by atoms with Crippen molar-refractivity contribution in [2.75, 3.05) is 32.9 Å². The Bertz CT molecular complexity index is 570. The minimum Gasteiger partial charge on any atom is -0.490 e. The average molecular weight is 347 g/mol. The van der Waals surface area contributed by atoms with Gasteiger partial charge in [0.2, 0.25) is 5.91 Å². The summed E-state index contributed by atoms with van der Waals surface area (Å²) >= 11 is 0. The van der Waals surface area contributed by atoms with Crippen LogP contribution in [0, 0.1) is 5.41 Å². The van der Waals surface area contributed by atoms with Crippen molar-refractivity contribution < 1.29 is 19.4 Å². The van der Waals surface area contributed by atoms with E-state index >= 15 is 0 Å². The van der Waals surface area contributed by atoms with Crippen LogP contribution in [-0.2, 0) is 9.53 Å². The summed E-state index contributed by atoms with van der Waals surface area (Å²) in [7, 11) is 0. The van der Waals surface area contributed by atoms with Gasteiger partial charge in [0.15, 0.2) is 0 Å². The molecule has 138 valence electrons. The highest BCUT2D eigenvalue weighted by atomic mass is 16.5. The quantitative estimate of drug-likeness (QED) is 0.910. The monoisotopic (exact) mass is 347 g/mol. The van der Waals surface area contributed by atoms with Gasteiger partial charge >= 0.3 is 0 Å². The molecule has 0 unspecified atom stereocenters. The normalized spacial score (nSPS) is 26.7. The molecule has 2 fully saturated rings. The number of amides is 1. The number of hydrogen-bond donors (Lipinski definition) is 1. The van der Waals surface area contributed by atoms with Crippen LogP contribution in [0.1, 0.15) is 39.0 Å². The molecule has 0 aromatic heterocycles. The number of ether oxygens (including phenoxy) is 2. The summed E-state index contributed by atoms with van der Waals surface area (Å²) in [6, 6.07) is 9.41. The number of para-hydroxylation sites is 1. The molecule has 1 N–H and O–H groups in total. The number of benzene rings is 1. The number of carbonyl (C=O) groups excluding carboxylic acids is 1. The Morgan fingerprint density at radius 1 is 1.24 bits per heavy atom.